The van der Waals surface area contributed by atoms with Gasteiger partial charge in [-0.2, -0.15) is 0 Å². The van der Waals surface area contributed by atoms with Crippen molar-refractivity contribution in [3.05, 3.63) is 0 Å². The van der Waals surface area contributed by atoms with Crippen molar-refractivity contribution in [3.8, 4) is 0 Å². The number of thioether (sulfide) groups is 1. The van der Waals surface area contributed by atoms with Crippen LogP contribution in [-0.2, 0) is 4.79 Å². The molecule has 2 atom stereocenters. The molecule has 3 N–H and O–H groups in total. The molecule has 1 amide bonds. The first kappa shape index (κ1) is 14.8. The van der Waals surface area contributed by atoms with Crippen molar-refractivity contribution in [3.63, 3.8) is 0 Å². The highest BCUT2D eigenvalue weighted by Crippen LogP contribution is 2.19. The number of carbonyl (C=O) groups is 1. The lowest BCUT2D eigenvalue weighted by Crippen LogP contribution is -2.40. The maximum atomic E-state index is 11.9. The fourth-order valence-corrected chi connectivity index (χ4v) is 2.99. The lowest BCUT2D eigenvalue weighted by atomic mass is 9.95. The molecule has 0 aromatic heterocycles. The molecular weight excluding hydrogens is 232 g/mol. The topological polar surface area (TPSA) is 55.1 Å². The lowest BCUT2D eigenvalue weighted by molar-refractivity contribution is -0.121. The van der Waals surface area contributed by atoms with Gasteiger partial charge < -0.3 is 11.1 Å². The predicted octanol–water partition coefficient (Wildman–Crippen LogP) is 2.15. The number of nitrogens with one attached hydrogen (secondary N) is 1. The quantitative estimate of drug-likeness (QED) is 0.767. The Morgan fingerprint density at radius 1 is 1.35 bits per heavy atom. The number of rotatable bonds is 6. The van der Waals surface area contributed by atoms with Crippen LogP contribution in [0.15, 0.2) is 0 Å². The second-order valence-electron chi connectivity index (χ2n) is 5.16. The highest BCUT2D eigenvalue weighted by molar-refractivity contribution is 8.00. The summed E-state index contributed by atoms with van der Waals surface area (Å²) in [6.07, 6.45) is 6.16. The summed E-state index contributed by atoms with van der Waals surface area (Å²) >= 11 is 1.71. The van der Waals surface area contributed by atoms with Crippen LogP contribution in [0.4, 0.5) is 0 Å². The molecule has 1 fully saturated rings. The molecule has 0 heterocycles. The first-order valence-electron chi connectivity index (χ1n) is 6.75. The largest absolute Gasteiger partial charge is 0.352 e. The normalized spacial score (nSPS) is 20.9. The Morgan fingerprint density at radius 2 is 2.00 bits per heavy atom. The molecule has 3 nitrogen and oxygen atoms in total. The van der Waals surface area contributed by atoms with E-state index in [1.807, 2.05) is 6.92 Å². The maximum Gasteiger partial charge on any atom is 0.233 e. The number of amides is 1. The SMILES string of the molecule is CC(CN)CSC(C)C(=O)NC1CCCCC1. The second kappa shape index (κ2) is 7.98. The van der Waals surface area contributed by atoms with Gasteiger partial charge in [-0.25, -0.2) is 0 Å². The molecule has 1 aliphatic carbocycles. The molecule has 1 saturated carbocycles. The maximum absolute atomic E-state index is 11.9. The minimum absolute atomic E-state index is 0.0472. The van der Waals surface area contributed by atoms with E-state index in [-0.39, 0.29) is 11.2 Å². The minimum atomic E-state index is 0.0472. The predicted molar refractivity (Wildman–Crippen MR) is 75.2 cm³/mol. The molecule has 100 valence electrons. The van der Waals surface area contributed by atoms with E-state index in [0.29, 0.717) is 18.5 Å². The summed E-state index contributed by atoms with van der Waals surface area (Å²) in [6.45, 7) is 4.81. The zero-order valence-electron chi connectivity index (χ0n) is 11.1. The Labute approximate surface area is 109 Å². The van der Waals surface area contributed by atoms with Crippen LogP contribution in [0, 0.1) is 5.92 Å². The van der Waals surface area contributed by atoms with Gasteiger partial charge in [-0.3, -0.25) is 4.79 Å². The molecule has 0 bridgehead atoms. The van der Waals surface area contributed by atoms with Crippen LogP contribution in [-0.4, -0.2) is 29.5 Å². The Balaban J connectivity index is 2.21. The molecule has 0 aromatic carbocycles. The van der Waals surface area contributed by atoms with Crippen LogP contribution in [0.5, 0.6) is 0 Å². The minimum Gasteiger partial charge on any atom is -0.352 e. The van der Waals surface area contributed by atoms with Crippen molar-refractivity contribution >= 4 is 17.7 Å². The summed E-state index contributed by atoms with van der Waals surface area (Å²) in [7, 11) is 0. The summed E-state index contributed by atoms with van der Waals surface area (Å²) in [5, 5.41) is 3.22. The molecule has 1 aliphatic rings. The van der Waals surface area contributed by atoms with Crippen molar-refractivity contribution in [2.75, 3.05) is 12.3 Å². The second-order valence-corrected chi connectivity index (χ2v) is 6.53. The van der Waals surface area contributed by atoms with E-state index in [1.165, 1.54) is 19.3 Å². The highest BCUT2D eigenvalue weighted by Gasteiger charge is 2.20. The first-order chi connectivity index (χ1) is 8.13. The highest BCUT2D eigenvalue weighted by atomic mass is 32.2. The van der Waals surface area contributed by atoms with E-state index >= 15 is 0 Å². The fraction of sp³-hybridized carbons (Fsp3) is 0.923. The number of nitrogens with two attached hydrogens (primary N) is 1. The molecule has 2 unspecified atom stereocenters. The van der Waals surface area contributed by atoms with E-state index in [4.69, 9.17) is 5.73 Å². The average Bonchev–Trinajstić information content (AvgIpc) is 2.36. The number of hydrogen-bond donors (Lipinski definition) is 2. The fourth-order valence-electron chi connectivity index (χ4n) is 2.02. The zero-order chi connectivity index (χ0) is 12.7. The van der Waals surface area contributed by atoms with Gasteiger partial charge in [0.05, 0.1) is 5.25 Å². The van der Waals surface area contributed by atoms with Crippen LogP contribution in [0.1, 0.15) is 46.0 Å². The lowest BCUT2D eigenvalue weighted by Gasteiger charge is -2.24. The van der Waals surface area contributed by atoms with Crippen molar-refractivity contribution < 1.29 is 4.79 Å². The van der Waals surface area contributed by atoms with Gasteiger partial charge in [0.15, 0.2) is 0 Å². The molecule has 4 heteroatoms. The van der Waals surface area contributed by atoms with Gasteiger partial charge in [0.1, 0.15) is 0 Å². The molecular formula is C13H26N2OS. The van der Waals surface area contributed by atoms with Crippen LogP contribution in [0.3, 0.4) is 0 Å². The Morgan fingerprint density at radius 3 is 2.59 bits per heavy atom. The van der Waals surface area contributed by atoms with Crippen LogP contribution < -0.4 is 11.1 Å². The standard InChI is InChI=1S/C13H26N2OS/c1-10(8-14)9-17-11(2)13(16)15-12-6-4-3-5-7-12/h10-12H,3-9,14H2,1-2H3,(H,15,16). The zero-order valence-corrected chi connectivity index (χ0v) is 11.9. The Kier molecular flexibility index (Phi) is 6.97. The Bertz CT molecular complexity index is 229. The van der Waals surface area contributed by atoms with Gasteiger partial charge in [-0.05, 0) is 38.0 Å². The third kappa shape index (κ3) is 5.77. The van der Waals surface area contributed by atoms with Gasteiger partial charge in [0.25, 0.3) is 0 Å². The molecule has 0 saturated heterocycles. The summed E-state index contributed by atoms with van der Waals surface area (Å²) in [5.74, 6) is 1.66. The summed E-state index contributed by atoms with van der Waals surface area (Å²) in [6, 6.07) is 0.422. The van der Waals surface area contributed by atoms with E-state index in [2.05, 4.69) is 12.2 Å². The van der Waals surface area contributed by atoms with Crippen LogP contribution in [0.2, 0.25) is 0 Å². The average molecular weight is 258 g/mol. The van der Waals surface area contributed by atoms with Crippen molar-refractivity contribution in [1.29, 1.82) is 0 Å². The molecule has 0 radical (unpaired) electrons. The Hall–Kier alpha value is -0.220. The van der Waals surface area contributed by atoms with Gasteiger partial charge in [-0.15, -0.1) is 11.8 Å². The number of carbonyl (C=O) groups excluding carboxylic acids is 1. The van der Waals surface area contributed by atoms with Gasteiger partial charge in [0.2, 0.25) is 5.91 Å². The van der Waals surface area contributed by atoms with E-state index < -0.39 is 0 Å². The summed E-state index contributed by atoms with van der Waals surface area (Å²) in [5.41, 5.74) is 5.57. The van der Waals surface area contributed by atoms with Crippen molar-refractivity contribution in [2.45, 2.75) is 57.2 Å². The molecule has 1 rings (SSSR count). The van der Waals surface area contributed by atoms with Crippen LogP contribution >= 0.6 is 11.8 Å². The third-order valence-electron chi connectivity index (χ3n) is 3.35. The summed E-state index contributed by atoms with van der Waals surface area (Å²) in [4.78, 5) is 11.9. The summed E-state index contributed by atoms with van der Waals surface area (Å²) < 4.78 is 0. The van der Waals surface area contributed by atoms with Gasteiger partial charge >= 0.3 is 0 Å². The number of hydrogen-bond acceptors (Lipinski definition) is 3. The molecule has 0 aromatic rings. The van der Waals surface area contributed by atoms with Gasteiger partial charge in [0, 0.05) is 6.04 Å². The van der Waals surface area contributed by atoms with Crippen molar-refractivity contribution in [1.82, 2.24) is 5.32 Å². The monoisotopic (exact) mass is 258 g/mol. The van der Waals surface area contributed by atoms with Gasteiger partial charge in [-0.1, -0.05) is 26.2 Å². The van der Waals surface area contributed by atoms with Crippen LogP contribution in [0.25, 0.3) is 0 Å². The molecule has 17 heavy (non-hydrogen) atoms. The third-order valence-corrected chi connectivity index (χ3v) is 4.83. The molecule has 0 aliphatic heterocycles. The van der Waals surface area contributed by atoms with E-state index in [0.717, 1.165) is 18.6 Å². The first-order valence-corrected chi connectivity index (χ1v) is 7.80. The van der Waals surface area contributed by atoms with E-state index in [1.54, 1.807) is 11.8 Å². The smallest absolute Gasteiger partial charge is 0.233 e. The van der Waals surface area contributed by atoms with E-state index in [9.17, 15) is 4.79 Å². The molecule has 0 spiro atoms. The van der Waals surface area contributed by atoms with Crippen molar-refractivity contribution in [2.24, 2.45) is 11.7 Å².